The molecule has 0 aliphatic carbocycles. The Bertz CT molecular complexity index is 698. The molecule has 0 saturated carbocycles. The molecule has 0 amide bonds. The van der Waals surface area contributed by atoms with Gasteiger partial charge in [0.1, 0.15) is 0 Å². The second kappa shape index (κ2) is 33.0. The Hall–Kier alpha value is -1.89. The Labute approximate surface area is 283 Å². The molecular weight excluding hydrogens is 578 g/mol. The Morgan fingerprint density at radius 1 is 0.457 bits per heavy atom. The number of carbonyl (C=O) groups is 3. The van der Waals surface area contributed by atoms with Crippen molar-refractivity contribution in [3.63, 3.8) is 0 Å². The fourth-order valence-corrected chi connectivity index (χ4v) is 6.59. The number of hydrogen-bond donors (Lipinski definition) is 2. The lowest BCUT2D eigenvalue weighted by Crippen LogP contribution is -2.51. The summed E-state index contributed by atoms with van der Waals surface area (Å²) in [6.45, 7) is 5.89. The number of nitrogens with zero attached hydrogens (tertiary/aromatic N) is 1. The lowest BCUT2D eigenvalue weighted by Gasteiger charge is -2.39. The van der Waals surface area contributed by atoms with E-state index in [1.54, 1.807) is 0 Å². The van der Waals surface area contributed by atoms with E-state index in [-0.39, 0.29) is 19.3 Å². The van der Waals surface area contributed by atoms with E-state index in [1.807, 2.05) is 0 Å². The van der Waals surface area contributed by atoms with E-state index < -0.39 is 17.9 Å². The molecule has 0 spiro atoms. The van der Waals surface area contributed by atoms with Crippen LogP contribution in [0.15, 0.2) is 12.2 Å². The molecule has 0 saturated heterocycles. The van der Waals surface area contributed by atoms with Gasteiger partial charge in [0.2, 0.25) is 0 Å². The van der Waals surface area contributed by atoms with Crippen LogP contribution in [0.25, 0.3) is 0 Å². The monoisotopic (exact) mass is 652 g/mol. The molecule has 7 nitrogen and oxygen atoms in total. The van der Waals surface area contributed by atoms with Gasteiger partial charge in [0, 0.05) is 18.8 Å². The number of unbranched alkanes of at least 4 members (excludes halogenated alkanes) is 21. The zero-order chi connectivity index (χ0) is 34.0. The highest BCUT2D eigenvalue weighted by Gasteiger charge is 2.26. The molecule has 270 valence electrons. The molecule has 0 aromatic heterocycles. The zero-order valence-electron chi connectivity index (χ0n) is 30.0. The van der Waals surface area contributed by atoms with Crippen LogP contribution in [-0.4, -0.2) is 58.8 Å². The summed E-state index contributed by atoms with van der Waals surface area (Å²) in [5.41, 5.74) is 0. The summed E-state index contributed by atoms with van der Waals surface area (Å²) in [6, 6.07) is 0. The maximum Gasteiger partial charge on any atom is 0.303 e. The normalized spacial score (nSPS) is 11.8. The highest BCUT2D eigenvalue weighted by Crippen LogP contribution is 2.20. The van der Waals surface area contributed by atoms with Crippen LogP contribution in [0, 0.1) is 0 Å². The van der Waals surface area contributed by atoms with Gasteiger partial charge < -0.3 is 24.6 Å². The number of aliphatic carboxylic acids is 3. The Morgan fingerprint density at radius 3 is 1.11 bits per heavy atom. The number of rotatable bonds is 37. The molecule has 0 aromatic carbocycles. The second-order valence-electron chi connectivity index (χ2n) is 13.8. The number of carboxylic acids is 3. The minimum atomic E-state index is -1.02. The lowest BCUT2D eigenvalue weighted by molar-refractivity contribution is -0.929. The molecule has 46 heavy (non-hydrogen) atoms. The Morgan fingerprint density at radius 2 is 0.761 bits per heavy atom. The van der Waals surface area contributed by atoms with Crippen molar-refractivity contribution in [3.05, 3.63) is 12.2 Å². The van der Waals surface area contributed by atoms with Gasteiger partial charge in [-0.25, -0.2) is 0 Å². The van der Waals surface area contributed by atoms with E-state index in [0.717, 1.165) is 56.3 Å². The summed E-state index contributed by atoms with van der Waals surface area (Å²) in [4.78, 5) is 33.0. The molecule has 7 heteroatoms. The third kappa shape index (κ3) is 32.1. The van der Waals surface area contributed by atoms with Crippen molar-refractivity contribution in [1.29, 1.82) is 0 Å². The minimum Gasteiger partial charge on any atom is -0.550 e. The fraction of sp³-hybridized carbons (Fsp3) is 0.872. The highest BCUT2D eigenvalue weighted by atomic mass is 16.4. The van der Waals surface area contributed by atoms with E-state index in [1.165, 1.54) is 122 Å². The van der Waals surface area contributed by atoms with Crippen LogP contribution in [0.4, 0.5) is 0 Å². The molecule has 2 N–H and O–H groups in total. The smallest absolute Gasteiger partial charge is 0.303 e. The largest absolute Gasteiger partial charge is 0.550 e. The van der Waals surface area contributed by atoms with Crippen molar-refractivity contribution in [1.82, 2.24) is 0 Å². The predicted octanol–water partition coefficient (Wildman–Crippen LogP) is 9.61. The molecule has 0 aromatic rings. The average Bonchev–Trinajstić information content (AvgIpc) is 3.02. The van der Waals surface area contributed by atoms with Crippen molar-refractivity contribution in [2.75, 3.05) is 26.2 Å². The van der Waals surface area contributed by atoms with Crippen molar-refractivity contribution >= 4 is 17.9 Å². The SMILES string of the molecule is CCCCCCCCCCCC/C=C/CCCCCCCCCC[N+](CCCCC(=O)[O-])(CCCCC(=O)O)CCCCC(=O)O. The van der Waals surface area contributed by atoms with Crippen molar-refractivity contribution in [3.8, 4) is 0 Å². The molecular formula is C39H73NO6. The molecule has 0 aliphatic heterocycles. The van der Waals surface area contributed by atoms with E-state index in [0.29, 0.717) is 19.3 Å². The topological polar surface area (TPSA) is 115 Å². The lowest BCUT2D eigenvalue weighted by atomic mass is 10.0. The van der Waals surface area contributed by atoms with E-state index in [2.05, 4.69) is 19.1 Å². The quantitative estimate of drug-likeness (QED) is 0.0393. The molecule has 0 fully saturated rings. The first-order chi connectivity index (χ1) is 22.3. The van der Waals surface area contributed by atoms with Gasteiger partial charge in [-0.2, -0.15) is 0 Å². The number of carbonyl (C=O) groups excluding carboxylic acids is 1. The van der Waals surface area contributed by atoms with Crippen LogP contribution in [0.2, 0.25) is 0 Å². The Balaban J connectivity index is 4.18. The van der Waals surface area contributed by atoms with Crippen LogP contribution in [0.1, 0.15) is 193 Å². The molecule has 0 rings (SSSR count). The van der Waals surface area contributed by atoms with E-state index in [4.69, 9.17) is 10.2 Å². The van der Waals surface area contributed by atoms with Gasteiger partial charge >= 0.3 is 11.9 Å². The average molecular weight is 652 g/mol. The first-order valence-electron chi connectivity index (χ1n) is 19.4. The summed E-state index contributed by atoms with van der Waals surface area (Å²) >= 11 is 0. The van der Waals surface area contributed by atoms with Crippen molar-refractivity contribution in [2.45, 2.75) is 193 Å². The summed E-state index contributed by atoms with van der Waals surface area (Å²) in [6.07, 6.45) is 35.8. The van der Waals surface area contributed by atoms with Crippen LogP contribution in [0.3, 0.4) is 0 Å². The zero-order valence-corrected chi connectivity index (χ0v) is 30.0. The number of carboxylic acid groups (broad SMARTS) is 3. The predicted molar refractivity (Wildman–Crippen MR) is 189 cm³/mol. The van der Waals surface area contributed by atoms with Gasteiger partial charge in [0.05, 0.1) is 26.2 Å². The number of quaternary nitrogens is 1. The van der Waals surface area contributed by atoms with E-state index >= 15 is 0 Å². The van der Waals surface area contributed by atoms with Gasteiger partial charge in [-0.3, -0.25) is 9.59 Å². The van der Waals surface area contributed by atoms with Crippen LogP contribution >= 0.6 is 0 Å². The highest BCUT2D eigenvalue weighted by molar-refractivity contribution is 5.66. The summed E-state index contributed by atoms with van der Waals surface area (Å²) in [7, 11) is 0. The first kappa shape index (κ1) is 44.1. The molecule has 0 aliphatic rings. The fourth-order valence-electron chi connectivity index (χ4n) is 6.59. The standard InChI is InChI=1S/C39H73NO6/c1-2-3-4-5-6-7-8-9-10-11-12-13-14-15-16-17-18-19-20-21-22-26-33-40(34-27-23-30-37(41)42,35-28-24-31-38(43)44)36-29-25-32-39(45)46/h13-14H,2-12,15-36H2,1H3,(H2-,41,42,43,44,45,46)/b14-13+. The summed E-state index contributed by atoms with van der Waals surface area (Å²) < 4.78 is 0.846. The Kier molecular flexibility index (Phi) is 31.7. The van der Waals surface area contributed by atoms with Crippen LogP contribution in [-0.2, 0) is 14.4 Å². The van der Waals surface area contributed by atoms with E-state index in [9.17, 15) is 19.5 Å². The van der Waals surface area contributed by atoms with Gasteiger partial charge in [-0.15, -0.1) is 0 Å². The molecule has 0 atom stereocenters. The van der Waals surface area contributed by atoms with Gasteiger partial charge in [0.15, 0.2) is 0 Å². The maximum atomic E-state index is 11.0. The molecule has 0 radical (unpaired) electrons. The molecule has 0 unspecified atom stereocenters. The van der Waals surface area contributed by atoms with Gasteiger partial charge in [0.25, 0.3) is 0 Å². The van der Waals surface area contributed by atoms with Crippen molar-refractivity contribution < 1.29 is 34.2 Å². The third-order valence-electron chi connectivity index (χ3n) is 9.45. The third-order valence-corrected chi connectivity index (χ3v) is 9.45. The van der Waals surface area contributed by atoms with Gasteiger partial charge in [-0.05, 0) is 83.5 Å². The molecule has 0 heterocycles. The van der Waals surface area contributed by atoms with Crippen LogP contribution < -0.4 is 5.11 Å². The summed E-state index contributed by atoms with van der Waals surface area (Å²) in [5.74, 6) is -2.56. The van der Waals surface area contributed by atoms with Crippen molar-refractivity contribution in [2.24, 2.45) is 0 Å². The minimum absolute atomic E-state index is 0.0632. The maximum absolute atomic E-state index is 11.0. The molecule has 0 bridgehead atoms. The summed E-state index contributed by atoms with van der Waals surface area (Å²) in [5, 5.41) is 29.0. The van der Waals surface area contributed by atoms with Crippen LogP contribution in [0.5, 0.6) is 0 Å². The van der Waals surface area contributed by atoms with Gasteiger partial charge in [-0.1, -0.05) is 109 Å². The second-order valence-corrected chi connectivity index (χ2v) is 13.8. The first-order valence-corrected chi connectivity index (χ1v) is 19.4. The number of allylic oxidation sites excluding steroid dienone is 2. The number of hydrogen-bond acceptors (Lipinski definition) is 4.